The van der Waals surface area contributed by atoms with Gasteiger partial charge < -0.3 is 10.4 Å². The van der Waals surface area contributed by atoms with Crippen molar-refractivity contribution in [1.82, 2.24) is 20.0 Å². The summed E-state index contributed by atoms with van der Waals surface area (Å²) in [6, 6.07) is 1.39. The molecule has 0 aliphatic heterocycles. The summed E-state index contributed by atoms with van der Waals surface area (Å²) in [5.41, 5.74) is 0.0231. The molecule has 0 amide bonds. The Morgan fingerprint density at radius 2 is 2.39 bits per heavy atom. The van der Waals surface area contributed by atoms with E-state index in [0.29, 0.717) is 18.9 Å². The van der Waals surface area contributed by atoms with Gasteiger partial charge >= 0.3 is 5.97 Å². The van der Waals surface area contributed by atoms with Crippen LogP contribution < -0.4 is 5.32 Å². The molecule has 0 aliphatic rings. The molecule has 0 spiro atoms. The lowest BCUT2D eigenvalue weighted by atomic mass is 10.2. The summed E-state index contributed by atoms with van der Waals surface area (Å²) >= 11 is 5.71. The normalized spacial score (nSPS) is 10.3. The second kappa shape index (κ2) is 5.46. The third-order valence-electron chi connectivity index (χ3n) is 2.20. The van der Waals surface area contributed by atoms with E-state index in [9.17, 15) is 4.79 Å². The highest BCUT2D eigenvalue weighted by Crippen LogP contribution is 2.17. The second-order valence-electron chi connectivity index (χ2n) is 3.45. The van der Waals surface area contributed by atoms with Gasteiger partial charge in [0, 0.05) is 18.9 Å². The van der Waals surface area contributed by atoms with Gasteiger partial charge in [-0.1, -0.05) is 16.8 Å². The van der Waals surface area contributed by atoms with Crippen LogP contribution >= 0.6 is 11.6 Å². The molecule has 0 bridgehead atoms. The lowest BCUT2D eigenvalue weighted by Gasteiger charge is -2.06. The molecule has 0 unspecified atom stereocenters. The van der Waals surface area contributed by atoms with Crippen molar-refractivity contribution in [3.8, 4) is 0 Å². The average Bonchev–Trinajstić information content (AvgIpc) is 2.84. The SMILES string of the molecule is O=C(O)c1cc(NCCn2ccnn2)ncc1Cl. The van der Waals surface area contributed by atoms with Crippen LogP contribution in [-0.2, 0) is 6.54 Å². The molecule has 0 aromatic carbocycles. The Morgan fingerprint density at radius 3 is 3.06 bits per heavy atom. The van der Waals surface area contributed by atoms with Gasteiger partial charge in [0.25, 0.3) is 0 Å². The number of aromatic carboxylic acids is 1. The molecule has 0 atom stereocenters. The fourth-order valence-corrected chi connectivity index (χ4v) is 1.53. The summed E-state index contributed by atoms with van der Waals surface area (Å²) in [5, 5.41) is 19.5. The van der Waals surface area contributed by atoms with E-state index in [4.69, 9.17) is 16.7 Å². The number of rotatable bonds is 5. The topological polar surface area (TPSA) is 92.9 Å². The van der Waals surface area contributed by atoms with Crippen molar-refractivity contribution in [1.29, 1.82) is 0 Å². The van der Waals surface area contributed by atoms with Crippen LogP contribution in [0.15, 0.2) is 24.7 Å². The number of carbonyl (C=O) groups is 1. The van der Waals surface area contributed by atoms with E-state index in [1.807, 2.05) is 0 Å². The zero-order valence-corrected chi connectivity index (χ0v) is 10.0. The molecule has 2 aromatic heterocycles. The van der Waals surface area contributed by atoms with E-state index < -0.39 is 5.97 Å². The maximum Gasteiger partial charge on any atom is 0.337 e. The molecule has 2 heterocycles. The third kappa shape index (κ3) is 2.95. The van der Waals surface area contributed by atoms with Gasteiger partial charge in [0.1, 0.15) is 5.82 Å². The van der Waals surface area contributed by atoms with E-state index in [1.165, 1.54) is 12.3 Å². The van der Waals surface area contributed by atoms with Crippen molar-refractivity contribution in [3.63, 3.8) is 0 Å². The molecule has 2 N–H and O–H groups in total. The van der Waals surface area contributed by atoms with Crippen molar-refractivity contribution in [2.24, 2.45) is 0 Å². The van der Waals surface area contributed by atoms with E-state index >= 15 is 0 Å². The zero-order valence-electron chi connectivity index (χ0n) is 9.25. The van der Waals surface area contributed by atoms with Gasteiger partial charge in [-0.15, -0.1) is 5.10 Å². The molecule has 94 valence electrons. The minimum absolute atomic E-state index is 0.0231. The quantitative estimate of drug-likeness (QED) is 0.844. The number of carboxylic acids is 1. The van der Waals surface area contributed by atoms with Crippen LogP contribution in [0.1, 0.15) is 10.4 Å². The number of hydrogen-bond acceptors (Lipinski definition) is 5. The first kappa shape index (κ1) is 12.3. The van der Waals surface area contributed by atoms with E-state index in [-0.39, 0.29) is 10.6 Å². The third-order valence-corrected chi connectivity index (χ3v) is 2.51. The summed E-state index contributed by atoms with van der Waals surface area (Å²) in [4.78, 5) is 14.9. The zero-order chi connectivity index (χ0) is 13.0. The van der Waals surface area contributed by atoms with Gasteiger partial charge in [-0.3, -0.25) is 4.68 Å². The van der Waals surface area contributed by atoms with Crippen molar-refractivity contribution in [3.05, 3.63) is 35.2 Å². The monoisotopic (exact) mass is 267 g/mol. The van der Waals surface area contributed by atoms with Crippen LogP contribution in [0.2, 0.25) is 5.02 Å². The number of carboxylic acid groups (broad SMARTS) is 1. The molecule has 0 fully saturated rings. The molecule has 8 heteroatoms. The number of nitrogens with one attached hydrogen (secondary N) is 1. The maximum absolute atomic E-state index is 10.9. The van der Waals surface area contributed by atoms with Crippen LogP contribution in [-0.4, -0.2) is 37.6 Å². The Bertz CT molecular complexity index is 543. The smallest absolute Gasteiger partial charge is 0.337 e. The number of anilines is 1. The molecule has 0 saturated heterocycles. The average molecular weight is 268 g/mol. The van der Waals surface area contributed by atoms with Gasteiger partial charge in [-0.25, -0.2) is 9.78 Å². The Morgan fingerprint density at radius 1 is 1.56 bits per heavy atom. The predicted octanol–water partition coefficient (Wildman–Crippen LogP) is 1.14. The summed E-state index contributed by atoms with van der Waals surface area (Å²) in [6.07, 6.45) is 4.63. The molecule has 2 rings (SSSR count). The molecule has 0 radical (unpaired) electrons. The van der Waals surface area contributed by atoms with E-state index in [2.05, 4.69) is 20.6 Å². The highest BCUT2D eigenvalue weighted by Gasteiger charge is 2.10. The van der Waals surface area contributed by atoms with Crippen molar-refractivity contribution in [2.45, 2.75) is 6.54 Å². The largest absolute Gasteiger partial charge is 0.478 e. The molecule has 0 saturated carbocycles. The molecule has 0 aliphatic carbocycles. The number of halogens is 1. The van der Waals surface area contributed by atoms with Gasteiger partial charge in [-0.05, 0) is 6.07 Å². The Hall–Kier alpha value is -2.15. The molecule has 18 heavy (non-hydrogen) atoms. The van der Waals surface area contributed by atoms with Gasteiger partial charge in [0.2, 0.25) is 0 Å². The first-order valence-electron chi connectivity index (χ1n) is 5.13. The number of aromatic nitrogens is 4. The van der Waals surface area contributed by atoms with Crippen molar-refractivity contribution < 1.29 is 9.90 Å². The molecular formula is C10H10ClN5O2. The summed E-state index contributed by atoms with van der Waals surface area (Å²) in [6.45, 7) is 1.16. The lowest BCUT2D eigenvalue weighted by Crippen LogP contribution is -2.12. The van der Waals surface area contributed by atoms with Gasteiger partial charge in [0.05, 0.1) is 23.3 Å². The highest BCUT2D eigenvalue weighted by atomic mass is 35.5. The molecule has 2 aromatic rings. The van der Waals surface area contributed by atoms with Crippen LogP contribution in [0, 0.1) is 0 Å². The highest BCUT2D eigenvalue weighted by molar-refractivity contribution is 6.33. The Labute approximate surface area is 107 Å². The fraction of sp³-hybridized carbons (Fsp3) is 0.200. The van der Waals surface area contributed by atoms with Crippen LogP contribution in [0.3, 0.4) is 0 Å². The maximum atomic E-state index is 10.9. The standard InChI is InChI=1S/C10H10ClN5O2/c11-8-6-13-9(5-7(8)10(17)18)12-1-3-16-4-2-14-15-16/h2,4-6H,1,3H2,(H,12,13)(H,17,18). The number of nitrogens with zero attached hydrogens (tertiary/aromatic N) is 4. The summed E-state index contributed by atoms with van der Waals surface area (Å²) < 4.78 is 1.65. The summed E-state index contributed by atoms with van der Waals surface area (Å²) in [7, 11) is 0. The van der Waals surface area contributed by atoms with E-state index in [0.717, 1.165) is 0 Å². The second-order valence-corrected chi connectivity index (χ2v) is 3.85. The molecular weight excluding hydrogens is 258 g/mol. The van der Waals surface area contributed by atoms with Crippen LogP contribution in [0.4, 0.5) is 5.82 Å². The van der Waals surface area contributed by atoms with Crippen LogP contribution in [0.5, 0.6) is 0 Å². The van der Waals surface area contributed by atoms with Crippen molar-refractivity contribution >= 4 is 23.4 Å². The van der Waals surface area contributed by atoms with Crippen LogP contribution in [0.25, 0.3) is 0 Å². The lowest BCUT2D eigenvalue weighted by molar-refractivity contribution is 0.0697. The Balaban J connectivity index is 1.97. The van der Waals surface area contributed by atoms with Crippen molar-refractivity contribution in [2.75, 3.05) is 11.9 Å². The minimum Gasteiger partial charge on any atom is -0.478 e. The van der Waals surface area contributed by atoms with Gasteiger partial charge in [-0.2, -0.15) is 0 Å². The van der Waals surface area contributed by atoms with Gasteiger partial charge in [0.15, 0.2) is 0 Å². The first-order valence-corrected chi connectivity index (χ1v) is 5.51. The fourth-order valence-electron chi connectivity index (χ4n) is 1.35. The Kier molecular flexibility index (Phi) is 3.73. The minimum atomic E-state index is -1.08. The van der Waals surface area contributed by atoms with E-state index in [1.54, 1.807) is 17.1 Å². The molecule has 7 nitrogen and oxygen atoms in total. The first-order chi connectivity index (χ1) is 8.66. The summed E-state index contributed by atoms with van der Waals surface area (Å²) in [5.74, 6) is -0.626. The number of pyridine rings is 1. The predicted molar refractivity (Wildman–Crippen MR) is 64.7 cm³/mol. The number of hydrogen-bond donors (Lipinski definition) is 2.